The highest BCUT2D eigenvalue weighted by Crippen LogP contribution is 2.27. The fraction of sp³-hybridized carbons (Fsp3) is 0.556. The zero-order valence-electron chi connectivity index (χ0n) is 16.0. The predicted octanol–water partition coefficient (Wildman–Crippen LogP) is 0.135. The molecule has 1 aromatic rings. The lowest BCUT2D eigenvalue weighted by Crippen LogP contribution is -3.14. The molecule has 27 heavy (non-hydrogen) atoms. The number of carbonyl (C=O) groups is 1. The first-order chi connectivity index (χ1) is 12.9. The van der Waals surface area contributed by atoms with Crippen molar-refractivity contribution in [1.82, 2.24) is 16.2 Å². The van der Waals surface area contributed by atoms with Gasteiger partial charge in [0.15, 0.2) is 11.2 Å². The van der Waals surface area contributed by atoms with Gasteiger partial charge in [-0.1, -0.05) is 11.6 Å². The maximum atomic E-state index is 12.2. The van der Waals surface area contributed by atoms with Gasteiger partial charge in [0.2, 0.25) is 0 Å². The minimum atomic E-state index is -0.684. The van der Waals surface area contributed by atoms with Crippen LogP contribution in [-0.4, -0.2) is 56.5 Å². The minimum absolute atomic E-state index is 0.313. The van der Waals surface area contributed by atoms with E-state index in [1.807, 2.05) is 26.0 Å². The van der Waals surface area contributed by atoms with Gasteiger partial charge in [0.1, 0.15) is 18.8 Å². The highest BCUT2D eigenvalue weighted by atomic mass is 35.5. The van der Waals surface area contributed by atoms with Gasteiger partial charge in [-0.2, -0.15) is 0 Å². The first-order valence-electron chi connectivity index (χ1n) is 9.05. The molecule has 0 radical (unpaired) electrons. The van der Waals surface area contributed by atoms with Gasteiger partial charge in [-0.3, -0.25) is 15.6 Å². The van der Waals surface area contributed by atoms with E-state index in [1.54, 1.807) is 6.92 Å². The van der Waals surface area contributed by atoms with Crippen LogP contribution in [0.25, 0.3) is 0 Å². The Hall–Kier alpha value is -1.61. The highest BCUT2D eigenvalue weighted by Gasteiger charge is 2.18. The van der Waals surface area contributed by atoms with E-state index in [0.717, 1.165) is 50.5 Å². The molecule has 1 aliphatic rings. The van der Waals surface area contributed by atoms with Crippen LogP contribution in [0, 0.1) is 13.8 Å². The number of morpholine rings is 1. The molecule has 0 aliphatic carbocycles. The van der Waals surface area contributed by atoms with Gasteiger partial charge in [-0.05, 0) is 56.2 Å². The molecule has 1 heterocycles. The number of nitrogens with one attached hydrogen (secondary N) is 4. The van der Waals surface area contributed by atoms with Crippen LogP contribution in [-0.2, 0) is 9.53 Å². The summed E-state index contributed by atoms with van der Waals surface area (Å²) in [4.78, 5) is 13.7. The average Bonchev–Trinajstić information content (AvgIpc) is 2.63. The Morgan fingerprint density at radius 2 is 1.93 bits per heavy atom. The number of ether oxygens (including phenoxy) is 2. The molecule has 1 atom stereocenters. The molecule has 1 saturated heterocycles. The molecule has 2 rings (SSSR count). The van der Waals surface area contributed by atoms with Crippen molar-refractivity contribution in [3.8, 4) is 5.75 Å². The Morgan fingerprint density at radius 1 is 1.30 bits per heavy atom. The summed E-state index contributed by atoms with van der Waals surface area (Å²) in [5.41, 5.74) is 7.05. The summed E-state index contributed by atoms with van der Waals surface area (Å²) in [6, 6.07) is 3.62. The second-order valence-electron chi connectivity index (χ2n) is 6.61. The summed E-state index contributed by atoms with van der Waals surface area (Å²) < 4.78 is 11.1. The quantitative estimate of drug-likeness (QED) is 0.391. The zero-order valence-corrected chi connectivity index (χ0v) is 17.6. The van der Waals surface area contributed by atoms with E-state index in [4.69, 9.17) is 33.3 Å². The molecule has 0 aromatic heterocycles. The lowest BCUT2D eigenvalue weighted by atomic mass is 10.1. The Morgan fingerprint density at radius 3 is 2.56 bits per heavy atom. The summed E-state index contributed by atoms with van der Waals surface area (Å²) in [6.45, 7) is 10.8. The van der Waals surface area contributed by atoms with Crippen LogP contribution in [0.2, 0.25) is 5.02 Å². The van der Waals surface area contributed by atoms with Crippen molar-refractivity contribution in [2.45, 2.75) is 26.9 Å². The molecular weight excluding hydrogens is 388 g/mol. The third-order valence-electron chi connectivity index (χ3n) is 4.35. The second-order valence-corrected chi connectivity index (χ2v) is 7.46. The van der Waals surface area contributed by atoms with E-state index in [9.17, 15) is 4.79 Å². The normalized spacial score (nSPS) is 15.7. The molecule has 4 N–H and O–H groups in total. The largest absolute Gasteiger partial charge is 0.480 e. The fourth-order valence-corrected chi connectivity index (χ4v) is 3.32. The van der Waals surface area contributed by atoms with Crippen LogP contribution in [0.5, 0.6) is 5.75 Å². The predicted molar refractivity (Wildman–Crippen MR) is 109 cm³/mol. The second kappa shape index (κ2) is 10.7. The van der Waals surface area contributed by atoms with Crippen LogP contribution in [0.1, 0.15) is 18.1 Å². The lowest BCUT2D eigenvalue weighted by molar-refractivity contribution is -0.906. The molecule has 0 saturated carbocycles. The number of thiocarbonyl (C=S) groups is 1. The van der Waals surface area contributed by atoms with Gasteiger partial charge < -0.3 is 19.7 Å². The molecule has 0 bridgehead atoms. The summed E-state index contributed by atoms with van der Waals surface area (Å²) in [5, 5.41) is 4.11. The molecule has 1 aliphatic heterocycles. The number of benzene rings is 1. The van der Waals surface area contributed by atoms with Crippen molar-refractivity contribution >= 4 is 34.8 Å². The summed E-state index contributed by atoms with van der Waals surface area (Å²) in [7, 11) is 0. The van der Waals surface area contributed by atoms with Crippen molar-refractivity contribution in [1.29, 1.82) is 0 Å². The Labute approximate surface area is 170 Å². The number of quaternary nitrogens is 1. The maximum Gasteiger partial charge on any atom is 0.279 e. The number of halogens is 1. The van der Waals surface area contributed by atoms with Crippen LogP contribution < -0.4 is 25.8 Å². The van der Waals surface area contributed by atoms with Crippen molar-refractivity contribution < 1.29 is 19.2 Å². The van der Waals surface area contributed by atoms with Crippen molar-refractivity contribution in [3.05, 3.63) is 28.3 Å². The van der Waals surface area contributed by atoms with Gasteiger partial charge >= 0.3 is 0 Å². The standard InChI is InChI=1S/C18H27ClN4O3S/c1-12-10-15(19)11-13(2)16(12)26-14(3)17(24)21-22-18(27)20-4-5-23-6-8-25-9-7-23/h10-11,14H,4-9H2,1-3H3,(H,21,24)(H2,20,22,27)/p+1/t14-/m0/s1. The molecule has 9 heteroatoms. The topological polar surface area (TPSA) is 76.1 Å². The highest BCUT2D eigenvalue weighted by molar-refractivity contribution is 7.80. The van der Waals surface area contributed by atoms with Crippen molar-refractivity contribution in [3.63, 3.8) is 0 Å². The first-order valence-corrected chi connectivity index (χ1v) is 9.84. The van der Waals surface area contributed by atoms with Crippen LogP contribution in [0.4, 0.5) is 0 Å². The number of amides is 1. The van der Waals surface area contributed by atoms with Crippen molar-refractivity contribution in [2.24, 2.45) is 0 Å². The number of hydrogen-bond acceptors (Lipinski definition) is 4. The number of hydrazine groups is 1. The van der Waals surface area contributed by atoms with Gasteiger partial charge in [0, 0.05) is 5.02 Å². The molecule has 7 nitrogen and oxygen atoms in total. The summed E-state index contributed by atoms with van der Waals surface area (Å²) in [6.07, 6.45) is -0.684. The number of carbonyl (C=O) groups excluding carboxylic acids is 1. The monoisotopic (exact) mass is 415 g/mol. The Balaban J connectivity index is 1.70. The van der Waals surface area contributed by atoms with Gasteiger partial charge in [0.05, 0.1) is 26.3 Å². The first kappa shape index (κ1) is 21.7. The van der Waals surface area contributed by atoms with Crippen LogP contribution >= 0.6 is 23.8 Å². The van der Waals surface area contributed by atoms with E-state index >= 15 is 0 Å². The molecule has 1 aromatic carbocycles. The van der Waals surface area contributed by atoms with E-state index in [0.29, 0.717) is 15.9 Å². The number of hydrogen-bond donors (Lipinski definition) is 4. The number of rotatable bonds is 6. The lowest BCUT2D eigenvalue weighted by Gasteiger charge is -2.24. The van der Waals surface area contributed by atoms with Crippen LogP contribution in [0.15, 0.2) is 12.1 Å². The fourth-order valence-electron chi connectivity index (χ4n) is 2.84. The zero-order chi connectivity index (χ0) is 19.8. The Bertz CT molecular complexity index is 645. The molecular formula is C18H28ClN4O3S+. The van der Waals surface area contributed by atoms with Gasteiger partial charge in [0.25, 0.3) is 5.91 Å². The van der Waals surface area contributed by atoms with E-state index in [2.05, 4.69) is 16.2 Å². The van der Waals surface area contributed by atoms with E-state index in [1.165, 1.54) is 4.90 Å². The molecule has 1 fully saturated rings. The Kier molecular flexibility index (Phi) is 8.56. The molecule has 0 unspecified atom stereocenters. The molecule has 150 valence electrons. The summed E-state index contributed by atoms with van der Waals surface area (Å²) >= 11 is 11.2. The minimum Gasteiger partial charge on any atom is -0.480 e. The average molecular weight is 416 g/mol. The SMILES string of the molecule is Cc1cc(Cl)cc(C)c1O[C@@H](C)C(=O)NNC(=S)NCC[NH+]1CCOCC1. The molecule has 1 amide bonds. The van der Waals surface area contributed by atoms with E-state index in [-0.39, 0.29) is 5.91 Å². The maximum absolute atomic E-state index is 12.2. The number of aryl methyl sites for hydroxylation is 2. The molecule has 0 spiro atoms. The smallest absolute Gasteiger partial charge is 0.279 e. The van der Waals surface area contributed by atoms with Crippen molar-refractivity contribution in [2.75, 3.05) is 39.4 Å². The third kappa shape index (κ3) is 7.14. The van der Waals surface area contributed by atoms with Gasteiger partial charge in [-0.25, -0.2) is 0 Å². The van der Waals surface area contributed by atoms with Crippen LogP contribution in [0.3, 0.4) is 0 Å². The van der Waals surface area contributed by atoms with E-state index < -0.39 is 6.10 Å². The third-order valence-corrected chi connectivity index (χ3v) is 4.82. The van der Waals surface area contributed by atoms with Gasteiger partial charge in [-0.15, -0.1) is 0 Å². The summed E-state index contributed by atoms with van der Waals surface area (Å²) in [5.74, 6) is 0.350.